The normalized spacial score (nSPS) is 19.1. The molecular weight excluding hydrogens is 184 g/mol. The largest absolute Gasteiger partial charge is 0.379 e. The number of hydrogen-bond donors (Lipinski definition) is 1. The highest BCUT2D eigenvalue weighted by atomic mass is 32.2. The molecule has 1 atom stereocenters. The number of nitriles is 1. The molecule has 1 rings (SSSR count). The SMILES string of the molecule is CCCNC(C#N)CSC1COC1. The maximum Gasteiger partial charge on any atom is 0.104 e. The topological polar surface area (TPSA) is 45.0 Å². The van der Waals surface area contributed by atoms with E-state index >= 15 is 0 Å². The Balaban J connectivity index is 2.05. The van der Waals surface area contributed by atoms with Gasteiger partial charge in [0.15, 0.2) is 0 Å². The van der Waals surface area contributed by atoms with Gasteiger partial charge in [0.05, 0.1) is 24.5 Å². The predicted octanol–water partition coefficient (Wildman–Crippen LogP) is 1.01. The second-order valence-electron chi connectivity index (χ2n) is 3.13. The summed E-state index contributed by atoms with van der Waals surface area (Å²) in [4.78, 5) is 0. The molecule has 0 radical (unpaired) electrons. The van der Waals surface area contributed by atoms with E-state index in [9.17, 15) is 0 Å². The summed E-state index contributed by atoms with van der Waals surface area (Å²) in [5.41, 5.74) is 0. The first kappa shape index (κ1) is 10.8. The van der Waals surface area contributed by atoms with Crippen molar-refractivity contribution in [1.29, 1.82) is 5.26 Å². The Kier molecular flexibility index (Phi) is 5.21. The Labute approximate surface area is 83.8 Å². The van der Waals surface area contributed by atoms with Gasteiger partial charge in [0, 0.05) is 5.75 Å². The lowest BCUT2D eigenvalue weighted by molar-refractivity contribution is 0.0455. The van der Waals surface area contributed by atoms with Gasteiger partial charge in [-0.2, -0.15) is 17.0 Å². The van der Waals surface area contributed by atoms with E-state index in [0.29, 0.717) is 5.25 Å². The van der Waals surface area contributed by atoms with Gasteiger partial charge in [0.25, 0.3) is 0 Å². The molecule has 3 nitrogen and oxygen atoms in total. The Morgan fingerprint density at radius 1 is 1.69 bits per heavy atom. The first-order valence-corrected chi connectivity index (χ1v) is 5.74. The fourth-order valence-corrected chi connectivity index (χ4v) is 2.04. The van der Waals surface area contributed by atoms with E-state index in [1.165, 1.54) is 0 Å². The Morgan fingerprint density at radius 3 is 2.92 bits per heavy atom. The van der Waals surface area contributed by atoms with Crippen molar-refractivity contribution in [1.82, 2.24) is 5.32 Å². The molecular formula is C9H16N2OS. The summed E-state index contributed by atoms with van der Waals surface area (Å²) in [5, 5.41) is 12.6. The zero-order valence-electron chi connectivity index (χ0n) is 7.95. The van der Waals surface area contributed by atoms with Crippen molar-refractivity contribution in [2.24, 2.45) is 0 Å². The third-order valence-electron chi connectivity index (χ3n) is 1.90. The van der Waals surface area contributed by atoms with Crippen LogP contribution in [0.15, 0.2) is 0 Å². The van der Waals surface area contributed by atoms with Gasteiger partial charge in [-0.15, -0.1) is 0 Å². The van der Waals surface area contributed by atoms with Gasteiger partial charge >= 0.3 is 0 Å². The first-order chi connectivity index (χ1) is 6.36. The Morgan fingerprint density at radius 2 is 2.46 bits per heavy atom. The van der Waals surface area contributed by atoms with Crippen LogP contribution < -0.4 is 5.32 Å². The van der Waals surface area contributed by atoms with Crippen LogP contribution in [0.1, 0.15) is 13.3 Å². The van der Waals surface area contributed by atoms with Gasteiger partial charge in [-0.25, -0.2) is 0 Å². The van der Waals surface area contributed by atoms with Crippen molar-refractivity contribution in [3.63, 3.8) is 0 Å². The van der Waals surface area contributed by atoms with Crippen molar-refractivity contribution in [3.05, 3.63) is 0 Å². The zero-order valence-corrected chi connectivity index (χ0v) is 8.77. The van der Waals surface area contributed by atoms with Crippen LogP contribution in [0.2, 0.25) is 0 Å². The lowest BCUT2D eigenvalue weighted by Gasteiger charge is -2.26. The average molecular weight is 200 g/mol. The molecule has 1 heterocycles. The maximum atomic E-state index is 8.80. The summed E-state index contributed by atoms with van der Waals surface area (Å²) in [6.45, 7) is 4.75. The summed E-state index contributed by atoms with van der Waals surface area (Å²) >= 11 is 1.84. The third-order valence-corrected chi connectivity index (χ3v) is 3.17. The molecule has 0 aromatic carbocycles. The molecule has 1 N–H and O–H groups in total. The van der Waals surface area contributed by atoms with Crippen molar-refractivity contribution >= 4 is 11.8 Å². The van der Waals surface area contributed by atoms with Crippen LogP contribution in [0.5, 0.6) is 0 Å². The third kappa shape index (κ3) is 3.99. The average Bonchev–Trinajstić information content (AvgIpc) is 2.08. The van der Waals surface area contributed by atoms with Gasteiger partial charge in [0.1, 0.15) is 6.04 Å². The molecule has 0 aromatic rings. The molecule has 0 amide bonds. The van der Waals surface area contributed by atoms with Crippen LogP contribution >= 0.6 is 11.8 Å². The summed E-state index contributed by atoms with van der Waals surface area (Å²) < 4.78 is 5.06. The molecule has 0 spiro atoms. The second-order valence-corrected chi connectivity index (χ2v) is 4.46. The minimum absolute atomic E-state index is 0.00514. The summed E-state index contributed by atoms with van der Waals surface area (Å²) in [6.07, 6.45) is 1.08. The second kappa shape index (κ2) is 6.25. The van der Waals surface area contributed by atoms with E-state index in [-0.39, 0.29) is 6.04 Å². The minimum atomic E-state index is 0.00514. The van der Waals surface area contributed by atoms with Crippen LogP contribution in [0.25, 0.3) is 0 Å². The van der Waals surface area contributed by atoms with Gasteiger partial charge < -0.3 is 10.1 Å². The van der Waals surface area contributed by atoms with Crippen LogP contribution in [-0.2, 0) is 4.74 Å². The van der Waals surface area contributed by atoms with Crippen molar-refractivity contribution < 1.29 is 4.74 Å². The van der Waals surface area contributed by atoms with E-state index in [2.05, 4.69) is 18.3 Å². The summed E-state index contributed by atoms with van der Waals surface area (Å²) in [7, 11) is 0. The number of hydrogen-bond acceptors (Lipinski definition) is 4. The van der Waals surface area contributed by atoms with Gasteiger partial charge in [-0.1, -0.05) is 6.92 Å². The van der Waals surface area contributed by atoms with Gasteiger partial charge in [-0.05, 0) is 13.0 Å². The lowest BCUT2D eigenvalue weighted by Crippen LogP contribution is -2.35. The van der Waals surface area contributed by atoms with E-state index in [1.54, 1.807) is 0 Å². The fourth-order valence-electron chi connectivity index (χ4n) is 1.00. The predicted molar refractivity (Wildman–Crippen MR) is 54.8 cm³/mol. The smallest absolute Gasteiger partial charge is 0.104 e. The standard InChI is InChI=1S/C9H16N2OS/c1-2-3-11-8(4-10)7-13-9-5-12-6-9/h8-9,11H,2-3,5-7H2,1H3. The highest BCUT2D eigenvalue weighted by Gasteiger charge is 2.20. The van der Waals surface area contributed by atoms with Gasteiger partial charge in [-0.3, -0.25) is 0 Å². The zero-order chi connectivity index (χ0) is 9.52. The van der Waals surface area contributed by atoms with E-state index in [1.807, 2.05) is 11.8 Å². The quantitative estimate of drug-likeness (QED) is 0.695. The van der Waals surface area contributed by atoms with Gasteiger partial charge in [0.2, 0.25) is 0 Å². The minimum Gasteiger partial charge on any atom is -0.379 e. The number of nitrogens with zero attached hydrogens (tertiary/aromatic N) is 1. The number of rotatable bonds is 6. The monoisotopic (exact) mass is 200 g/mol. The summed E-state index contributed by atoms with van der Waals surface area (Å²) in [6, 6.07) is 2.27. The molecule has 13 heavy (non-hydrogen) atoms. The fraction of sp³-hybridized carbons (Fsp3) is 0.889. The maximum absolute atomic E-state index is 8.80. The molecule has 1 saturated heterocycles. The molecule has 0 aromatic heterocycles. The number of nitrogens with one attached hydrogen (secondary N) is 1. The van der Waals surface area contributed by atoms with Crippen LogP contribution in [0.3, 0.4) is 0 Å². The lowest BCUT2D eigenvalue weighted by atomic mass is 10.3. The van der Waals surface area contributed by atoms with E-state index < -0.39 is 0 Å². The molecule has 1 unspecified atom stereocenters. The van der Waals surface area contributed by atoms with E-state index in [4.69, 9.17) is 10.00 Å². The van der Waals surface area contributed by atoms with E-state index in [0.717, 1.165) is 31.9 Å². The molecule has 0 aliphatic carbocycles. The highest BCUT2D eigenvalue weighted by molar-refractivity contribution is 8.00. The van der Waals surface area contributed by atoms with Crippen LogP contribution in [0.4, 0.5) is 0 Å². The highest BCUT2D eigenvalue weighted by Crippen LogP contribution is 2.19. The van der Waals surface area contributed by atoms with Crippen molar-refractivity contribution in [2.75, 3.05) is 25.5 Å². The molecule has 1 fully saturated rings. The molecule has 0 bridgehead atoms. The molecule has 74 valence electrons. The summed E-state index contributed by atoms with van der Waals surface area (Å²) in [5.74, 6) is 0.879. The van der Waals surface area contributed by atoms with Crippen LogP contribution in [0, 0.1) is 11.3 Å². The molecule has 4 heteroatoms. The van der Waals surface area contributed by atoms with Crippen molar-refractivity contribution in [3.8, 4) is 6.07 Å². The van der Waals surface area contributed by atoms with Crippen molar-refractivity contribution in [2.45, 2.75) is 24.6 Å². The Hall–Kier alpha value is -0.240. The Bertz CT molecular complexity index is 177. The number of thioether (sulfide) groups is 1. The number of ether oxygens (including phenoxy) is 1. The molecule has 0 saturated carbocycles. The molecule has 1 aliphatic heterocycles. The first-order valence-electron chi connectivity index (χ1n) is 4.69. The van der Waals surface area contributed by atoms with Crippen LogP contribution in [-0.4, -0.2) is 36.8 Å². The molecule has 1 aliphatic rings.